The third-order valence-electron chi connectivity index (χ3n) is 3.85. The predicted octanol–water partition coefficient (Wildman–Crippen LogP) is 0.148. The Morgan fingerprint density at radius 1 is 1.35 bits per heavy atom. The number of carbonyl (C=O) groups is 2. The number of esters is 1. The highest BCUT2D eigenvalue weighted by Crippen LogP contribution is 2.25. The maximum absolute atomic E-state index is 12.4. The molecule has 2 rings (SSSR count). The van der Waals surface area contributed by atoms with Crippen LogP contribution >= 0.6 is 0 Å². The number of hydrogen-bond acceptors (Lipinski definition) is 4. The SMILES string of the molecule is COC(=O)C1CCCN1C(=O)C1CCNC1C. The minimum atomic E-state index is -0.361. The Labute approximate surface area is 101 Å². The summed E-state index contributed by atoms with van der Waals surface area (Å²) in [6, 6.07) is -0.151. The maximum atomic E-state index is 12.4. The van der Waals surface area contributed by atoms with Gasteiger partial charge in [-0.25, -0.2) is 4.79 Å². The van der Waals surface area contributed by atoms with Crippen LogP contribution in [-0.2, 0) is 14.3 Å². The predicted molar refractivity (Wildman–Crippen MR) is 62.3 cm³/mol. The molecule has 2 fully saturated rings. The fourth-order valence-corrected chi connectivity index (χ4v) is 2.82. The molecule has 1 N–H and O–H groups in total. The fourth-order valence-electron chi connectivity index (χ4n) is 2.82. The van der Waals surface area contributed by atoms with Crippen molar-refractivity contribution in [1.29, 1.82) is 0 Å². The maximum Gasteiger partial charge on any atom is 0.328 e. The Balaban J connectivity index is 2.05. The van der Waals surface area contributed by atoms with Crippen molar-refractivity contribution in [3.63, 3.8) is 0 Å². The zero-order chi connectivity index (χ0) is 12.4. The molecule has 2 saturated heterocycles. The molecule has 96 valence electrons. The summed E-state index contributed by atoms with van der Waals surface area (Å²) in [5.74, 6) is -0.162. The molecule has 3 atom stereocenters. The molecule has 0 saturated carbocycles. The number of likely N-dealkylation sites (tertiary alicyclic amines) is 1. The van der Waals surface area contributed by atoms with Crippen LogP contribution in [0.5, 0.6) is 0 Å². The van der Waals surface area contributed by atoms with Gasteiger partial charge in [-0.05, 0) is 32.7 Å². The molecule has 0 aromatic rings. The summed E-state index contributed by atoms with van der Waals surface area (Å²) in [6.45, 7) is 3.59. The normalized spacial score (nSPS) is 32.8. The van der Waals surface area contributed by atoms with Crippen LogP contribution in [0.25, 0.3) is 0 Å². The van der Waals surface area contributed by atoms with Crippen LogP contribution in [0.15, 0.2) is 0 Å². The summed E-state index contributed by atoms with van der Waals surface area (Å²) in [4.78, 5) is 25.7. The Morgan fingerprint density at radius 2 is 2.12 bits per heavy atom. The van der Waals surface area contributed by atoms with Gasteiger partial charge in [0.05, 0.1) is 13.0 Å². The van der Waals surface area contributed by atoms with Gasteiger partial charge in [0.15, 0.2) is 0 Å². The minimum Gasteiger partial charge on any atom is -0.467 e. The molecule has 2 aliphatic heterocycles. The second kappa shape index (κ2) is 5.04. The first-order valence-electron chi connectivity index (χ1n) is 6.27. The number of carbonyl (C=O) groups excluding carboxylic acids is 2. The molecule has 0 aromatic heterocycles. The van der Waals surface area contributed by atoms with Crippen LogP contribution < -0.4 is 5.32 Å². The third-order valence-corrected chi connectivity index (χ3v) is 3.85. The first kappa shape index (κ1) is 12.4. The fraction of sp³-hybridized carbons (Fsp3) is 0.833. The molecule has 0 aliphatic carbocycles. The molecule has 2 aliphatic rings. The lowest BCUT2D eigenvalue weighted by molar-refractivity contribution is -0.152. The lowest BCUT2D eigenvalue weighted by Gasteiger charge is -2.27. The van der Waals surface area contributed by atoms with Crippen molar-refractivity contribution in [3.05, 3.63) is 0 Å². The van der Waals surface area contributed by atoms with Gasteiger partial charge in [0.2, 0.25) is 5.91 Å². The third kappa shape index (κ3) is 2.29. The number of hydrogen-bond donors (Lipinski definition) is 1. The van der Waals surface area contributed by atoms with Crippen molar-refractivity contribution in [2.45, 2.75) is 38.3 Å². The Bertz CT molecular complexity index is 319. The first-order valence-corrected chi connectivity index (χ1v) is 6.27. The summed E-state index contributed by atoms with van der Waals surface area (Å²) in [6.07, 6.45) is 2.48. The number of nitrogens with zero attached hydrogens (tertiary/aromatic N) is 1. The molecular formula is C12H20N2O3. The van der Waals surface area contributed by atoms with Crippen molar-refractivity contribution in [3.8, 4) is 0 Å². The lowest BCUT2D eigenvalue weighted by atomic mass is 10.00. The van der Waals surface area contributed by atoms with Gasteiger partial charge in [-0.2, -0.15) is 0 Å². The van der Waals surface area contributed by atoms with Crippen molar-refractivity contribution >= 4 is 11.9 Å². The average molecular weight is 240 g/mol. The van der Waals surface area contributed by atoms with Crippen LogP contribution in [0, 0.1) is 5.92 Å². The second-order valence-corrected chi connectivity index (χ2v) is 4.85. The van der Waals surface area contributed by atoms with E-state index in [0.29, 0.717) is 6.54 Å². The minimum absolute atomic E-state index is 0.0141. The quantitative estimate of drug-likeness (QED) is 0.698. The van der Waals surface area contributed by atoms with E-state index in [2.05, 4.69) is 5.32 Å². The van der Waals surface area contributed by atoms with Gasteiger partial charge in [-0.1, -0.05) is 0 Å². The van der Waals surface area contributed by atoms with Crippen molar-refractivity contribution < 1.29 is 14.3 Å². The molecule has 0 radical (unpaired) electrons. The van der Waals surface area contributed by atoms with Crippen LogP contribution in [-0.4, -0.2) is 49.1 Å². The molecule has 0 bridgehead atoms. The van der Waals surface area contributed by atoms with Crippen molar-refractivity contribution in [1.82, 2.24) is 10.2 Å². The average Bonchev–Trinajstić information content (AvgIpc) is 2.95. The second-order valence-electron chi connectivity index (χ2n) is 4.85. The Kier molecular flexibility index (Phi) is 3.66. The highest BCUT2D eigenvalue weighted by atomic mass is 16.5. The van der Waals surface area contributed by atoms with Gasteiger partial charge in [-0.3, -0.25) is 4.79 Å². The van der Waals surface area contributed by atoms with Crippen molar-refractivity contribution in [2.24, 2.45) is 5.92 Å². The van der Waals surface area contributed by atoms with Gasteiger partial charge < -0.3 is 15.0 Å². The van der Waals surface area contributed by atoms with Crippen LogP contribution in [0.4, 0.5) is 0 Å². The molecule has 17 heavy (non-hydrogen) atoms. The Hall–Kier alpha value is -1.10. The van der Waals surface area contributed by atoms with Crippen LogP contribution in [0.2, 0.25) is 0 Å². The molecule has 0 aromatic carbocycles. The van der Waals surface area contributed by atoms with Crippen LogP contribution in [0.3, 0.4) is 0 Å². The van der Waals surface area contributed by atoms with E-state index in [9.17, 15) is 9.59 Å². The molecule has 1 amide bonds. The number of rotatable bonds is 2. The summed E-state index contributed by atoms with van der Waals surface area (Å²) in [5, 5.41) is 3.27. The van der Waals surface area contributed by atoms with Gasteiger partial charge in [-0.15, -0.1) is 0 Å². The van der Waals surface area contributed by atoms with E-state index in [4.69, 9.17) is 4.74 Å². The zero-order valence-electron chi connectivity index (χ0n) is 10.4. The molecule has 2 heterocycles. The van der Waals surface area contributed by atoms with E-state index in [1.165, 1.54) is 7.11 Å². The Morgan fingerprint density at radius 3 is 2.71 bits per heavy atom. The number of amides is 1. The van der Waals surface area contributed by atoms with E-state index in [-0.39, 0.29) is 29.9 Å². The molecule has 5 nitrogen and oxygen atoms in total. The lowest BCUT2D eigenvalue weighted by Crippen LogP contribution is -2.46. The van der Waals surface area contributed by atoms with Gasteiger partial charge in [0.1, 0.15) is 6.04 Å². The molecule has 0 spiro atoms. The molecule has 3 unspecified atom stereocenters. The van der Waals surface area contributed by atoms with Crippen LogP contribution in [0.1, 0.15) is 26.2 Å². The summed E-state index contributed by atoms with van der Waals surface area (Å²) in [7, 11) is 1.38. The summed E-state index contributed by atoms with van der Waals surface area (Å²) < 4.78 is 4.76. The highest BCUT2D eigenvalue weighted by Gasteiger charge is 2.40. The number of methoxy groups -OCH3 is 1. The van der Waals surface area contributed by atoms with Gasteiger partial charge in [0, 0.05) is 12.6 Å². The number of ether oxygens (including phenoxy) is 1. The van der Waals surface area contributed by atoms with E-state index >= 15 is 0 Å². The molecule has 5 heteroatoms. The summed E-state index contributed by atoms with van der Waals surface area (Å²) >= 11 is 0. The van der Waals surface area contributed by atoms with E-state index < -0.39 is 0 Å². The smallest absolute Gasteiger partial charge is 0.328 e. The highest BCUT2D eigenvalue weighted by molar-refractivity contribution is 5.87. The van der Waals surface area contributed by atoms with Crippen molar-refractivity contribution in [2.75, 3.05) is 20.2 Å². The first-order chi connectivity index (χ1) is 8.15. The zero-order valence-corrected chi connectivity index (χ0v) is 10.4. The van der Waals surface area contributed by atoms with E-state index in [1.54, 1.807) is 4.90 Å². The standard InChI is InChI=1S/C12H20N2O3/c1-8-9(5-6-13-8)11(15)14-7-3-4-10(14)12(16)17-2/h8-10,13H,3-7H2,1-2H3. The molecular weight excluding hydrogens is 220 g/mol. The van der Waals surface area contributed by atoms with E-state index in [1.807, 2.05) is 6.92 Å². The number of nitrogens with one attached hydrogen (secondary N) is 1. The monoisotopic (exact) mass is 240 g/mol. The van der Waals surface area contributed by atoms with Gasteiger partial charge in [0.25, 0.3) is 0 Å². The topological polar surface area (TPSA) is 58.6 Å². The summed E-state index contributed by atoms with van der Waals surface area (Å²) in [5.41, 5.74) is 0. The van der Waals surface area contributed by atoms with Gasteiger partial charge >= 0.3 is 5.97 Å². The van der Waals surface area contributed by atoms with E-state index in [0.717, 1.165) is 25.8 Å². The largest absolute Gasteiger partial charge is 0.467 e.